The van der Waals surface area contributed by atoms with E-state index in [2.05, 4.69) is 27.8 Å². The second kappa shape index (κ2) is 13.3. The molecule has 0 aromatic carbocycles. The van der Waals surface area contributed by atoms with Gasteiger partial charge < -0.3 is 30.6 Å². The molecule has 3 heterocycles. The van der Waals surface area contributed by atoms with E-state index >= 15 is 0 Å². The molecule has 2 aromatic heterocycles. The van der Waals surface area contributed by atoms with E-state index in [-0.39, 0.29) is 6.42 Å². The fourth-order valence-corrected chi connectivity index (χ4v) is 3.71. The van der Waals surface area contributed by atoms with Crippen LogP contribution in [-0.2, 0) is 22.4 Å². The Hall–Kier alpha value is -3.46. The van der Waals surface area contributed by atoms with Gasteiger partial charge in [-0.1, -0.05) is 6.07 Å². The molecule has 1 atom stereocenters. The summed E-state index contributed by atoms with van der Waals surface area (Å²) in [5.74, 6) is 0.614. The first kappa shape index (κ1) is 25.2. The van der Waals surface area contributed by atoms with Crippen molar-refractivity contribution in [2.45, 2.75) is 44.6 Å². The summed E-state index contributed by atoms with van der Waals surface area (Å²) in [5.41, 5.74) is 3.47. The lowest BCUT2D eigenvalue weighted by Crippen LogP contribution is -2.20. The summed E-state index contributed by atoms with van der Waals surface area (Å²) in [6.45, 7) is 1.80. The Morgan fingerprint density at radius 1 is 1.35 bits per heavy atom. The molecule has 1 aliphatic rings. The Labute approximate surface area is 200 Å². The fourth-order valence-electron chi connectivity index (χ4n) is 3.71. The Morgan fingerprint density at radius 3 is 3.06 bits per heavy atom. The molecular formula is C25H33N5O4. The van der Waals surface area contributed by atoms with E-state index in [4.69, 9.17) is 19.9 Å². The van der Waals surface area contributed by atoms with Gasteiger partial charge in [0.2, 0.25) is 0 Å². The van der Waals surface area contributed by atoms with Crippen LogP contribution in [0, 0.1) is 5.41 Å². The monoisotopic (exact) mass is 467 g/mol. The van der Waals surface area contributed by atoms with Crippen LogP contribution in [0.1, 0.15) is 48.5 Å². The summed E-state index contributed by atoms with van der Waals surface area (Å²) >= 11 is 0. The third kappa shape index (κ3) is 8.15. The molecule has 0 radical (unpaired) electrons. The van der Waals surface area contributed by atoms with Crippen molar-refractivity contribution in [3.8, 4) is 5.75 Å². The SMILES string of the molecule is COCCOc1cncc(C(CC(=O)O)N/C=C\C(=N)CCCc2ccc3c(n2)NCCC3)c1. The molecule has 9 heteroatoms. The third-order valence-electron chi connectivity index (χ3n) is 5.48. The Kier molecular flexibility index (Phi) is 9.84. The minimum Gasteiger partial charge on any atom is -0.490 e. The number of carboxylic acids is 1. The van der Waals surface area contributed by atoms with Crippen LogP contribution in [0.4, 0.5) is 5.82 Å². The summed E-state index contributed by atoms with van der Waals surface area (Å²) < 4.78 is 10.5. The van der Waals surface area contributed by atoms with Gasteiger partial charge in [-0.3, -0.25) is 9.78 Å². The summed E-state index contributed by atoms with van der Waals surface area (Å²) in [4.78, 5) is 20.2. The molecule has 0 fully saturated rings. The Morgan fingerprint density at radius 2 is 2.24 bits per heavy atom. The first-order chi connectivity index (χ1) is 16.5. The summed E-state index contributed by atoms with van der Waals surface area (Å²) in [6, 6.07) is 5.49. The lowest BCUT2D eigenvalue weighted by atomic mass is 10.0. The minimum atomic E-state index is -0.932. The number of methoxy groups -OCH3 is 1. The van der Waals surface area contributed by atoms with Crippen molar-refractivity contribution in [3.05, 3.63) is 59.7 Å². The Bertz CT molecular complexity index is 995. The van der Waals surface area contributed by atoms with Gasteiger partial charge in [0, 0.05) is 31.3 Å². The number of ether oxygens (including phenoxy) is 2. The first-order valence-corrected chi connectivity index (χ1v) is 11.6. The van der Waals surface area contributed by atoms with Gasteiger partial charge in [0.05, 0.1) is 25.3 Å². The van der Waals surface area contributed by atoms with Crippen molar-refractivity contribution in [2.24, 2.45) is 0 Å². The number of aromatic nitrogens is 2. The smallest absolute Gasteiger partial charge is 0.305 e. The highest BCUT2D eigenvalue weighted by Gasteiger charge is 2.15. The van der Waals surface area contributed by atoms with Crippen molar-refractivity contribution in [1.29, 1.82) is 5.41 Å². The van der Waals surface area contributed by atoms with Crippen LogP contribution in [0.15, 0.2) is 42.9 Å². The van der Waals surface area contributed by atoms with Gasteiger partial charge in [0.25, 0.3) is 0 Å². The molecule has 0 bridgehead atoms. The number of carbonyl (C=O) groups is 1. The molecule has 0 saturated heterocycles. The lowest BCUT2D eigenvalue weighted by molar-refractivity contribution is -0.137. The summed E-state index contributed by atoms with van der Waals surface area (Å²) in [7, 11) is 1.59. The summed E-state index contributed by atoms with van der Waals surface area (Å²) in [6.07, 6.45) is 10.8. The van der Waals surface area contributed by atoms with Crippen LogP contribution in [0.5, 0.6) is 5.75 Å². The van der Waals surface area contributed by atoms with Crippen LogP contribution >= 0.6 is 0 Å². The molecule has 0 spiro atoms. The molecule has 182 valence electrons. The normalized spacial score (nSPS) is 13.7. The fraction of sp³-hybridized carbons (Fsp3) is 0.440. The molecule has 0 aliphatic carbocycles. The van der Waals surface area contributed by atoms with Crippen molar-refractivity contribution >= 4 is 17.5 Å². The van der Waals surface area contributed by atoms with Crippen LogP contribution < -0.4 is 15.4 Å². The van der Waals surface area contributed by atoms with E-state index in [0.717, 1.165) is 43.7 Å². The molecule has 1 unspecified atom stereocenters. The molecule has 1 aliphatic heterocycles. The molecule has 4 N–H and O–H groups in total. The molecule has 3 rings (SSSR count). The van der Waals surface area contributed by atoms with Gasteiger partial charge in [-0.15, -0.1) is 0 Å². The Balaban J connectivity index is 1.49. The van der Waals surface area contributed by atoms with E-state index in [0.29, 0.717) is 36.7 Å². The number of pyridine rings is 2. The number of hydrogen-bond donors (Lipinski definition) is 4. The lowest BCUT2D eigenvalue weighted by Gasteiger charge is -2.17. The first-order valence-electron chi connectivity index (χ1n) is 11.6. The standard InChI is InChI=1S/C25H33N5O4/c1-33-12-13-34-22-14-19(16-27-17-22)23(15-24(31)32)28-11-9-20(26)5-2-6-21-8-7-18-4-3-10-29-25(18)30-21/h7-9,11,14,16-17,23,26,28H,2-6,10,12-13,15H2,1H3,(H,29,30)(H,31,32)/b11-9-,26-20?. The highest BCUT2D eigenvalue weighted by Crippen LogP contribution is 2.22. The second-order valence-electron chi connectivity index (χ2n) is 8.17. The van der Waals surface area contributed by atoms with Crippen molar-refractivity contribution in [1.82, 2.24) is 15.3 Å². The van der Waals surface area contributed by atoms with Gasteiger partial charge in [0.15, 0.2) is 0 Å². The molecular weight excluding hydrogens is 434 g/mol. The number of carboxylic acid groups (broad SMARTS) is 1. The number of nitrogens with one attached hydrogen (secondary N) is 3. The maximum atomic E-state index is 11.4. The number of allylic oxidation sites excluding steroid dienone is 1. The zero-order valence-corrected chi connectivity index (χ0v) is 19.5. The van der Waals surface area contributed by atoms with Crippen molar-refractivity contribution in [2.75, 3.05) is 32.2 Å². The van der Waals surface area contributed by atoms with Crippen LogP contribution in [0.25, 0.3) is 0 Å². The quantitative estimate of drug-likeness (QED) is 0.245. The number of rotatable bonds is 14. The molecule has 9 nitrogen and oxygen atoms in total. The largest absolute Gasteiger partial charge is 0.490 e. The molecule has 2 aromatic rings. The van der Waals surface area contributed by atoms with Crippen molar-refractivity contribution < 1.29 is 19.4 Å². The van der Waals surface area contributed by atoms with Gasteiger partial charge in [-0.2, -0.15) is 0 Å². The van der Waals surface area contributed by atoms with Gasteiger partial charge in [-0.05, 0) is 67.6 Å². The number of anilines is 1. The molecule has 0 amide bonds. The van der Waals surface area contributed by atoms with E-state index < -0.39 is 12.0 Å². The highest BCUT2D eigenvalue weighted by atomic mass is 16.5. The number of aryl methyl sites for hydroxylation is 2. The predicted molar refractivity (Wildman–Crippen MR) is 131 cm³/mol. The average molecular weight is 468 g/mol. The van der Waals surface area contributed by atoms with Gasteiger partial charge >= 0.3 is 5.97 Å². The highest BCUT2D eigenvalue weighted by molar-refractivity contribution is 5.92. The zero-order valence-electron chi connectivity index (χ0n) is 19.5. The summed E-state index contributed by atoms with van der Waals surface area (Å²) in [5, 5.41) is 24.0. The maximum absolute atomic E-state index is 11.4. The van der Waals surface area contributed by atoms with Crippen LogP contribution in [0.2, 0.25) is 0 Å². The van der Waals surface area contributed by atoms with E-state index in [1.54, 1.807) is 37.8 Å². The van der Waals surface area contributed by atoms with Crippen LogP contribution in [-0.4, -0.2) is 53.6 Å². The van der Waals surface area contributed by atoms with E-state index in [1.807, 2.05) is 0 Å². The number of hydrogen-bond acceptors (Lipinski definition) is 8. The maximum Gasteiger partial charge on any atom is 0.305 e. The minimum absolute atomic E-state index is 0.126. The third-order valence-corrected chi connectivity index (χ3v) is 5.48. The van der Waals surface area contributed by atoms with Crippen LogP contribution in [0.3, 0.4) is 0 Å². The molecule has 34 heavy (non-hydrogen) atoms. The number of aliphatic carboxylic acids is 1. The van der Waals surface area contributed by atoms with Gasteiger partial charge in [-0.25, -0.2) is 4.98 Å². The van der Waals surface area contributed by atoms with E-state index in [1.165, 1.54) is 5.56 Å². The topological polar surface area (TPSA) is 129 Å². The predicted octanol–water partition coefficient (Wildman–Crippen LogP) is 3.52. The average Bonchev–Trinajstić information content (AvgIpc) is 2.83. The van der Waals surface area contributed by atoms with E-state index in [9.17, 15) is 9.90 Å². The van der Waals surface area contributed by atoms with Gasteiger partial charge in [0.1, 0.15) is 18.2 Å². The second-order valence-corrected chi connectivity index (χ2v) is 8.17. The number of fused-ring (bicyclic) bond motifs is 1. The molecule has 0 saturated carbocycles. The number of nitrogens with zero attached hydrogens (tertiary/aromatic N) is 2. The zero-order chi connectivity index (χ0) is 24.2. The van der Waals surface area contributed by atoms with Crippen molar-refractivity contribution in [3.63, 3.8) is 0 Å².